The molecule has 0 saturated carbocycles. The van der Waals surface area contributed by atoms with E-state index in [4.69, 9.17) is 4.74 Å². The summed E-state index contributed by atoms with van der Waals surface area (Å²) in [5.41, 5.74) is -1.29. The summed E-state index contributed by atoms with van der Waals surface area (Å²) in [6.45, 7) is 0. The van der Waals surface area contributed by atoms with Gasteiger partial charge < -0.3 is 10.1 Å². The van der Waals surface area contributed by atoms with Crippen LogP contribution in [0.3, 0.4) is 0 Å². The maximum atomic E-state index is 13.1. The van der Waals surface area contributed by atoms with Gasteiger partial charge in [0.2, 0.25) is 0 Å². The number of methoxy groups -OCH3 is 1. The van der Waals surface area contributed by atoms with E-state index in [0.717, 1.165) is 12.1 Å². The number of nitrogens with one attached hydrogen (secondary N) is 1. The smallest absolute Gasteiger partial charge is 0.367 e. The second-order valence-corrected chi connectivity index (χ2v) is 4.70. The molecule has 1 amide bonds. The lowest BCUT2D eigenvalue weighted by molar-refractivity contribution is -0.137. The molecule has 0 fully saturated rings. The van der Waals surface area contributed by atoms with Gasteiger partial charge in [0.05, 0.1) is 11.3 Å². The summed E-state index contributed by atoms with van der Waals surface area (Å²) in [5.74, 6) is -1.82. The van der Waals surface area contributed by atoms with Crippen molar-refractivity contribution < 1.29 is 27.1 Å². The van der Waals surface area contributed by atoms with E-state index in [2.05, 4.69) is 5.32 Å². The number of amides is 1. The molecule has 23 heavy (non-hydrogen) atoms. The minimum Gasteiger partial charge on any atom is -0.367 e. The van der Waals surface area contributed by atoms with Crippen LogP contribution in [0.2, 0.25) is 0 Å². The highest BCUT2D eigenvalue weighted by Crippen LogP contribution is 2.35. The van der Waals surface area contributed by atoms with E-state index in [1.807, 2.05) is 0 Å². The number of carbonyl (C=O) groups is 1. The van der Waals surface area contributed by atoms with E-state index in [-0.39, 0.29) is 0 Å². The molecule has 0 aliphatic heterocycles. The van der Waals surface area contributed by atoms with Gasteiger partial charge in [-0.05, 0) is 23.8 Å². The highest BCUT2D eigenvalue weighted by Gasteiger charge is 2.35. The van der Waals surface area contributed by atoms with E-state index >= 15 is 0 Å². The van der Waals surface area contributed by atoms with Crippen molar-refractivity contribution in [3.8, 4) is 0 Å². The van der Waals surface area contributed by atoms with Crippen LogP contribution in [0.15, 0.2) is 48.5 Å². The molecule has 0 saturated heterocycles. The van der Waals surface area contributed by atoms with Crippen LogP contribution in [0.25, 0.3) is 0 Å². The Hall–Kier alpha value is -2.41. The molecule has 7 heteroatoms. The highest BCUT2D eigenvalue weighted by molar-refractivity contribution is 5.95. The van der Waals surface area contributed by atoms with Crippen LogP contribution in [0.4, 0.5) is 23.2 Å². The van der Waals surface area contributed by atoms with Crippen LogP contribution < -0.4 is 5.32 Å². The Balaban J connectivity index is 2.30. The second-order valence-electron chi connectivity index (χ2n) is 4.70. The fourth-order valence-corrected chi connectivity index (χ4v) is 2.08. The van der Waals surface area contributed by atoms with Gasteiger partial charge in [-0.15, -0.1) is 0 Å². The van der Waals surface area contributed by atoms with Crippen molar-refractivity contribution >= 4 is 11.6 Å². The lowest BCUT2D eigenvalue weighted by Crippen LogP contribution is -2.24. The number of hydrogen-bond donors (Lipinski definition) is 1. The Labute approximate surface area is 129 Å². The second kappa shape index (κ2) is 6.78. The van der Waals surface area contributed by atoms with Gasteiger partial charge in [0.1, 0.15) is 5.82 Å². The molecule has 0 heterocycles. The third-order valence-corrected chi connectivity index (χ3v) is 3.12. The van der Waals surface area contributed by atoms with Crippen molar-refractivity contribution in [1.29, 1.82) is 0 Å². The zero-order valence-electron chi connectivity index (χ0n) is 12.0. The Kier molecular flexibility index (Phi) is 5.00. The minimum atomic E-state index is -4.79. The molecule has 0 aromatic heterocycles. The molecule has 2 aromatic carbocycles. The van der Waals surface area contributed by atoms with Crippen LogP contribution in [0.5, 0.6) is 0 Å². The molecule has 1 atom stereocenters. The highest BCUT2D eigenvalue weighted by atomic mass is 19.4. The van der Waals surface area contributed by atoms with E-state index in [0.29, 0.717) is 11.6 Å². The van der Waals surface area contributed by atoms with Crippen molar-refractivity contribution in [1.82, 2.24) is 0 Å². The SMILES string of the molecule is CO[C@@H](C(=O)Nc1ccc(F)cc1C(F)(F)F)c1ccccc1. The number of ether oxygens (including phenoxy) is 1. The first-order chi connectivity index (χ1) is 10.8. The van der Waals surface area contributed by atoms with Gasteiger partial charge in [0.25, 0.3) is 5.91 Å². The van der Waals surface area contributed by atoms with Crippen molar-refractivity contribution in [2.24, 2.45) is 0 Å². The molecule has 0 aliphatic carbocycles. The summed E-state index contributed by atoms with van der Waals surface area (Å²) in [6, 6.07) is 10.4. The average Bonchev–Trinajstić information content (AvgIpc) is 2.50. The number of carbonyl (C=O) groups excluding carboxylic acids is 1. The van der Waals surface area contributed by atoms with Gasteiger partial charge in [0, 0.05) is 7.11 Å². The van der Waals surface area contributed by atoms with Gasteiger partial charge in [0.15, 0.2) is 6.10 Å². The van der Waals surface area contributed by atoms with Gasteiger partial charge in [-0.1, -0.05) is 30.3 Å². The predicted octanol–water partition coefficient (Wildman–Crippen LogP) is 4.17. The van der Waals surface area contributed by atoms with E-state index in [9.17, 15) is 22.4 Å². The van der Waals surface area contributed by atoms with E-state index in [1.165, 1.54) is 7.11 Å². The molecule has 2 rings (SSSR count). The Morgan fingerprint density at radius 3 is 2.35 bits per heavy atom. The summed E-state index contributed by atoms with van der Waals surface area (Å²) >= 11 is 0. The van der Waals surface area contributed by atoms with Crippen molar-refractivity contribution in [3.05, 3.63) is 65.5 Å². The zero-order chi connectivity index (χ0) is 17.0. The molecule has 2 aromatic rings. The summed E-state index contributed by atoms with van der Waals surface area (Å²) in [7, 11) is 1.27. The monoisotopic (exact) mass is 327 g/mol. The van der Waals surface area contributed by atoms with Crippen LogP contribution in [-0.2, 0) is 15.7 Å². The first-order valence-corrected chi connectivity index (χ1v) is 6.58. The molecule has 122 valence electrons. The summed E-state index contributed by atoms with van der Waals surface area (Å²) in [4.78, 5) is 12.2. The quantitative estimate of drug-likeness (QED) is 0.856. The molecule has 0 spiro atoms. The summed E-state index contributed by atoms with van der Waals surface area (Å²) < 4.78 is 56.9. The Morgan fingerprint density at radius 2 is 1.78 bits per heavy atom. The normalized spacial score (nSPS) is 12.7. The molecule has 0 radical (unpaired) electrons. The Morgan fingerprint density at radius 1 is 1.13 bits per heavy atom. The summed E-state index contributed by atoms with van der Waals surface area (Å²) in [6.07, 6.45) is -5.87. The molecular weight excluding hydrogens is 314 g/mol. The lowest BCUT2D eigenvalue weighted by Gasteiger charge is -2.18. The number of rotatable bonds is 4. The van der Waals surface area contributed by atoms with E-state index < -0.39 is 35.3 Å². The fraction of sp³-hybridized carbons (Fsp3) is 0.188. The number of hydrogen-bond acceptors (Lipinski definition) is 2. The topological polar surface area (TPSA) is 38.3 Å². The number of benzene rings is 2. The maximum absolute atomic E-state index is 13.1. The first kappa shape index (κ1) is 17.0. The predicted molar refractivity (Wildman–Crippen MR) is 76.2 cm³/mol. The number of halogens is 4. The Bertz CT molecular complexity index is 686. The molecule has 0 bridgehead atoms. The molecular formula is C16H13F4NO2. The molecule has 1 N–H and O–H groups in total. The van der Waals surface area contributed by atoms with Crippen LogP contribution in [-0.4, -0.2) is 13.0 Å². The zero-order valence-corrected chi connectivity index (χ0v) is 12.0. The largest absolute Gasteiger partial charge is 0.418 e. The molecule has 0 unspecified atom stereocenters. The van der Waals surface area contributed by atoms with Crippen molar-refractivity contribution in [2.45, 2.75) is 12.3 Å². The average molecular weight is 327 g/mol. The van der Waals surface area contributed by atoms with Gasteiger partial charge in [-0.3, -0.25) is 4.79 Å². The maximum Gasteiger partial charge on any atom is 0.418 e. The molecule has 0 aliphatic rings. The van der Waals surface area contributed by atoms with Gasteiger partial charge >= 0.3 is 6.18 Å². The third-order valence-electron chi connectivity index (χ3n) is 3.12. The number of anilines is 1. The minimum absolute atomic E-state index is 0.333. The first-order valence-electron chi connectivity index (χ1n) is 6.58. The standard InChI is InChI=1S/C16H13F4NO2/c1-23-14(10-5-3-2-4-6-10)15(22)21-13-8-7-11(17)9-12(13)16(18,19)20/h2-9,14H,1H3,(H,21,22)/t14-/m1/s1. The lowest BCUT2D eigenvalue weighted by atomic mass is 10.1. The third kappa shape index (κ3) is 4.07. The van der Waals surface area contributed by atoms with Crippen LogP contribution in [0.1, 0.15) is 17.2 Å². The van der Waals surface area contributed by atoms with E-state index in [1.54, 1.807) is 30.3 Å². The van der Waals surface area contributed by atoms with Gasteiger partial charge in [-0.25, -0.2) is 4.39 Å². The van der Waals surface area contributed by atoms with Crippen LogP contribution >= 0.6 is 0 Å². The van der Waals surface area contributed by atoms with Crippen molar-refractivity contribution in [3.63, 3.8) is 0 Å². The van der Waals surface area contributed by atoms with Gasteiger partial charge in [-0.2, -0.15) is 13.2 Å². The fourth-order valence-electron chi connectivity index (χ4n) is 2.08. The molecule has 3 nitrogen and oxygen atoms in total. The van der Waals surface area contributed by atoms with Crippen molar-refractivity contribution in [2.75, 3.05) is 12.4 Å². The van der Waals surface area contributed by atoms with Crippen LogP contribution in [0, 0.1) is 5.82 Å². The number of alkyl halides is 3. The summed E-state index contributed by atoms with van der Waals surface area (Å²) in [5, 5.41) is 2.14.